The Labute approximate surface area is 111 Å². The van der Waals surface area contributed by atoms with Crippen LogP contribution < -0.4 is 5.32 Å². The molecule has 1 atom stereocenters. The summed E-state index contributed by atoms with van der Waals surface area (Å²) in [4.78, 5) is 26.5. The fraction of sp³-hybridized carbons (Fsp3) is 0.182. The van der Waals surface area contributed by atoms with E-state index in [0.717, 1.165) is 10.6 Å². The molecule has 0 saturated heterocycles. The topological polar surface area (TPSA) is 79.3 Å². The number of aromatic nitrogens is 1. The Morgan fingerprint density at radius 1 is 1.44 bits per heavy atom. The summed E-state index contributed by atoms with van der Waals surface area (Å²) in [6.45, 7) is 1.41. The van der Waals surface area contributed by atoms with E-state index in [9.17, 15) is 9.59 Å². The third kappa shape index (κ3) is 2.74. The van der Waals surface area contributed by atoms with Crippen LogP contribution in [0.25, 0.3) is 10.6 Å². The molecule has 0 radical (unpaired) electrons. The Bertz CT molecular complexity index is 563. The third-order valence-electron chi connectivity index (χ3n) is 2.22. The molecule has 2 rings (SSSR count). The lowest BCUT2D eigenvalue weighted by atomic mass is 10.3. The van der Waals surface area contributed by atoms with E-state index in [1.54, 1.807) is 16.7 Å². The van der Waals surface area contributed by atoms with Crippen molar-refractivity contribution in [3.63, 3.8) is 0 Å². The third-order valence-corrected chi connectivity index (χ3v) is 3.80. The minimum absolute atomic E-state index is 0.245. The minimum Gasteiger partial charge on any atom is -0.480 e. The highest BCUT2D eigenvalue weighted by atomic mass is 32.1. The number of carbonyl (C=O) groups excluding carboxylic acids is 1. The Balaban J connectivity index is 2.11. The van der Waals surface area contributed by atoms with Gasteiger partial charge in [0.15, 0.2) is 0 Å². The van der Waals surface area contributed by atoms with Gasteiger partial charge in [0.2, 0.25) is 0 Å². The van der Waals surface area contributed by atoms with Crippen molar-refractivity contribution in [1.29, 1.82) is 0 Å². The molecule has 0 saturated carbocycles. The zero-order valence-electron chi connectivity index (χ0n) is 9.41. The first-order valence-corrected chi connectivity index (χ1v) is 6.92. The second-order valence-electron chi connectivity index (χ2n) is 3.58. The minimum atomic E-state index is -1.07. The van der Waals surface area contributed by atoms with Crippen LogP contribution in [0.1, 0.15) is 17.4 Å². The Morgan fingerprint density at radius 3 is 2.83 bits per heavy atom. The van der Waals surface area contributed by atoms with E-state index in [1.165, 1.54) is 18.3 Å². The molecule has 2 N–H and O–H groups in total. The molecule has 0 aliphatic rings. The number of hydrogen-bond donors (Lipinski definition) is 2. The highest BCUT2D eigenvalue weighted by Crippen LogP contribution is 2.25. The van der Waals surface area contributed by atoms with E-state index in [0.29, 0.717) is 0 Å². The van der Waals surface area contributed by atoms with Gasteiger partial charge in [0.05, 0.1) is 0 Å². The number of rotatable bonds is 4. The Kier molecular flexibility index (Phi) is 3.73. The summed E-state index contributed by atoms with van der Waals surface area (Å²) in [7, 11) is 0. The molecule has 2 aromatic heterocycles. The van der Waals surface area contributed by atoms with E-state index in [4.69, 9.17) is 5.11 Å². The van der Waals surface area contributed by atoms with Gasteiger partial charge in [-0.25, -0.2) is 4.98 Å². The summed E-state index contributed by atoms with van der Waals surface area (Å²) in [5, 5.41) is 17.3. The smallest absolute Gasteiger partial charge is 0.325 e. The van der Waals surface area contributed by atoms with Crippen molar-refractivity contribution in [3.05, 3.63) is 27.9 Å². The first-order chi connectivity index (χ1) is 8.58. The van der Waals surface area contributed by atoms with Crippen molar-refractivity contribution in [2.24, 2.45) is 0 Å². The molecule has 0 fully saturated rings. The molecule has 0 bridgehead atoms. The number of nitrogens with zero attached hydrogens (tertiary/aromatic N) is 1. The van der Waals surface area contributed by atoms with Crippen LogP contribution >= 0.6 is 22.7 Å². The number of carbonyl (C=O) groups is 2. The Morgan fingerprint density at radius 2 is 2.22 bits per heavy atom. The van der Waals surface area contributed by atoms with Gasteiger partial charge in [-0.15, -0.1) is 11.3 Å². The van der Waals surface area contributed by atoms with Crippen LogP contribution in [0.5, 0.6) is 0 Å². The average molecular weight is 282 g/mol. The average Bonchev–Trinajstić information content (AvgIpc) is 2.99. The molecular formula is C11H10N2O3S2. The van der Waals surface area contributed by atoms with Gasteiger partial charge in [-0.1, -0.05) is 0 Å². The van der Waals surface area contributed by atoms with Crippen LogP contribution in [-0.2, 0) is 4.79 Å². The van der Waals surface area contributed by atoms with Crippen LogP contribution in [0.4, 0.5) is 0 Å². The number of thiazole rings is 1. The molecule has 18 heavy (non-hydrogen) atoms. The lowest BCUT2D eigenvalue weighted by Gasteiger charge is -2.06. The second-order valence-corrected chi connectivity index (χ2v) is 5.22. The van der Waals surface area contributed by atoms with Crippen molar-refractivity contribution in [3.8, 4) is 10.6 Å². The van der Waals surface area contributed by atoms with Gasteiger partial charge in [0, 0.05) is 16.3 Å². The number of amides is 1. The molecule has 0 aromatic carbocycles. The molecule has 5 nitrogen and oxygen atoms in total. The first-order valence-electron chi connectivity index (χ1n) is 5.09. The van der Waals surface area contributed by atoms with Gasteiger partial charge in [-0.3, -0.25) is 9.59 Å². The molecule has 0 aliphatic heterocycles. The van der Waals surface area contributed by atoms with Crippen LogP contribution in [0.15, 0.2) is 22.2 Å². The van der Waals surface area contributed by atoms with E-state index >= 15 is 0 Å². The predicted octanol–water partition coefficient (Wildman–Crippen LogP) is 2.07. The molecular weight excluding hydrogens is 272 g/mol. The lowest BCUT2D eigenvalue weighted by molar-refractivity contribution is -0.138. The first kappa shape index (κ1) is 12.7. The van der Waals surface area contributed by atoms with E-state index < -0.39 is 17.9 Å². The normalized spacial score (nSPS) is 12.1. The zero-order valence-corrected chi connectivity index (χ0v) is 11.0. The summed E-state index contributed by atoms with van der Waals surface area (Å²) in [5.74, 6) is -1.54. The van der Waals surface area contributed by atoms with Gasteiger partial charge >= 0.3 is 5.97 Å². The highest BCUT2D eigenvalue weighted by Gasteiger charge is 2.17. The maximum atomic E-state index is 11.7. The molecule has 0 spiro atoms. The quantitative estimate of drug-likeness (QED) is 0.899. The molecule has 1 amide bonds. The maximum absolute atomic E-state index is 11.7. The molecule has 0 unspecified atom stereocenters. The fourth-order valence-corrected chi connectivity index (χ4v) is 2.74. The number of aliphatic carboxylic acids is 1. The molecule has 2 aromatic rings. The van der Waals surface area contributed by atoms with E-state index in [1.807, 2.05) is 16.8 Å². The SMILES string of the molecule is C[C@H](NC(=O)c1csc(-c2ccsc2)n1)C(=O)O. The van der Waals surface area contributed by atoms with Gasteiger partial charge in [-0.05, 0) is 18.4 Å². The van der Waals surface area contributed by atoms with Crippen molar-refractivity contribution in [2.45, 2.75) is 13.0 Å². The molecule has 7 heteroatoms. The zero-order chi connectivity index (χ0) is 13.1. The monoisotopic (exact) mass is 282 g/mol. The summed E-state index contributed by atoms with van der Waals surface area (Å²) < 4.78 is 0. The maximum Gasteiger partial charge on any atom is 0.325 e. The van der Waals surface area contributed by atoms with Crippen molar-refractivity contribution < 1.29 is 14.7 Å². The Hall–Kier alpha value is -1.73. The summed E-state index contributed by atoms with van der Waals surface area (Å²) >= 11 is 2.91. The van der Waals surface area contributed by atoms with Crippen molar-refractivity contribution in [2.75, 3.05) is 0 Å². The predicted molar refractivity (Wildman–Crippen MR) is 70.0 cm³/mol. The standard InChI is InChI=1S/C11H10N2O3S2/c1-6(11(15)16)12-9(14)8-5-18-10(13-8)7-2-3-17-4-7/h2-6H,1H3,(H,12,14)(H,15,16)/t6-/m0/s1. The number of carboxylic acid groups (broad SMARTS) is 1. The number of nitrogens with one attached hydrogen (secondary N) is 1. The summed E-state index contributed by atoms with van der Waals surface area (Å²) in [6.07, 6.45) is 0. The van der Waals surface area contributed by atoms with Crippen LogP contribution in [0.3, 0.4) is 0 Å². The van der Waals surface area contributed by atoms with Crippen LogP contribution in [0, 0.1) is 0 Å². The summed E-state index contributed by atoms with van der Waals surface area (Å²) in [5.41, 5.74) is 1.21. The van der Waals surface area contributed by atoms with Crippen LogP contribution in [0.2, 0.25) is 0 Å². The van der Waals surface area contributed by atoms with Gasteiger partial charge in [0.1, 0.15) is 16.7 Å². The van der Waals surface area contributed by atoms with Crippen molar-refractivity contribution in [1.82, 2.24) is 10.3 Å². The van der Waals surface area contributed by atoms with Gasteiger partial charge in [0.25, 0.3) is 5.91 Å². The van der Waals surface area contributed by atoms with E-state index in [-0.39, 0.29) is 5.69 Å². The molecule has 2 heterocycles. The lowest BCUT2D eigenvalue weighted by Crippen LogP contribution is -2.38. The van der Waals surface area contributed by atoms with E-state index in [2.05, 4.69) is 10.3 Å². The summed E-state index contributed by atoms with van der Waals surface area (Å²) in [6, 6.07) is 0.995. The van der Waals surface area contributed by atoms with Gasteiger partial charge < -0.3 is 10.4 Å². The molecule has 0 aliphatic carbocycles. The number of thiophene rings is 1. The second kappa shape index (κ2) is 5.28. The number of hydrogen-bond acceptors (Lipinski definition) is 5. The largest absolute Gasteiger partial charge is 0.480 e. The number of carboxylic acids is 1. The fourth-order valence-electron chi connectivity index (χ4n) is 1.23. The van der Waals surface area contributed by atoms with Crippen LogP contribution in [-0.4, -0.2) is 28.0 Å². The van der Waals surface area contributed by atoms with Gasteiger partial charge in [-0.2, -0.15) is 11.3 Å². The highest BCUT2D eigenvalue weighted by molar-refractivity contribution is 7.14. The molecule has 94 valence electrons. The van der Waals surface area contributed by atoms with Crippen molar-refractivity contribution >= 4 is 34.6 Å².